The standard InChI is InChI=1S/C17H18ClNO2/c1-10-12-7-8-19-9-13(11-5-3-2-4-6-11)14(12)15(18)17(21)16(10)20/h2-6,13,19-21H,7-9H2,1H3. The van der Waals surface area contributed by atoms with Gasteiger partial charge in [0, 0.05) is 12.5 Å². The average molecular weight is 304 g/mol. The van der Waals surface area contributed by atoms with Gasteiger partial charge in [0.2, 0.25) is 0 Å². The van der Waals surface area contributed by atoms with Crippen LogP contribution in [0, 0.1) is 6.92 Å². The third-order valence-electron chi connectivity index (χ3n) is 4.25. The number of benzene rings is 2. The van der Waals surface area contributed by atoms with Crippen LogP contribution in [0.2, 0.25) is 5.02 Å². The maximum absolute atomic E-state index is 10.1. The minimum atomic E-state index is -0.212. The lowest BCUT2D eigenvalue weighted by Gasteiger charge is -2.22. The molecule has 2 aromatic carbocycles. The number of rotatable bonds is 1. The van der Waals surface area contributed by atoms with Crippen molar-refractivity contribution in [3.8, 4) is 11.5 Å². The predicted molar refractivity (Wildman–Crippen MR) is 84.4 cm³/mol. The van der Waals surface area contributed by atoms with E-state index >= 15 is 0 Å². The number of fused-ring (bicyclic) bond motifs is 1. The molecule has 0 spiro atoms. The van der Waals surface area contributed by atoms with Crippen LogP contribution in [0.1, 0.15) is 28.2 Å². The summed E-state index contributed by atoms with van der Waals surface area (Å²) in [5.41, 5.74) is 3.84. The highest BCUT2D eigenvalue weighted by atomic mass is 35.5. The molecule has 21 heavy (non-hydrogen) atoms. The molecule has 0 aliphatic carbocycles. The van der Waals surface area contributed by atoms with E-state index < -0.39 is 0 Å². The normalized spacial score (nSPS) is 18.1. The average Bonchev–Trinajstić information content (AvgIpc) is 2.74. The van der Waals surface area contributed by atoms with Gasteiger partial charge in [-0.05, 0) is 42.1 Å². The maximum Gasteiger partial charge on any atom is 0.177 e. The summed E-state index contributed by atoms with van der Waals surface area (Å²) in [5, 5.41) is 23.8. The molecule has 4 heteroatoms. The highest BCUT2D eigenvalue weighted by Gasteiger charge is 2.28. The zero-order chi connectivity index (χ0) is 15.0. The van der Waals surface area contributed by atoms with E-state index in [0.29, 0.717) is 0 Å². The maximum atomic E-state index is 10.1. The van der Waals surface area contributed by atoms with Crippen LogP contribution in [-0.4, -0.2) is 23.3 Å². The van der Waals surface area contributed by atoms with Crippen LogP contribution in [0.25, 0.3) is 0 Å². The van der Waals surface area contributed by atoms with Gasteiger partial charge in [-0.1, -0.05) is 41.9 Å². The Balaban J connectivity index is 2.25. The number of phenolic OH excluding ortho intramolecular Hbond substituents is 2. The Bertz CT molecular complexity index is 670. The first-order valence-electron chi connectivity index (χ1n) is 7.09. The fourth-order valence-corrected chi connectivity index (χ4v) is 3.44. The topological polar surface area (TPSA) is 52.5 Å². The summed E-state index contributed by atoms with van der Waals surface area (Å²) < 4.78 is 0. The van der Waals surface area contributed by atoms with Gasteiger partial charge in [0.15, 0.2) is 11.5 Å². The van der Waals surface area contributed by atoms with Gasteiger partial charge in [0.1, 0.15) is 0 Å². The Kier molecular flexibility index (Phi) is 3.79. The van der Waals surface area contributed by atoms with Gasteiger partial charge in [-0.25, -0.2) is 0 Å². The Morgan fingerprint density at radius 3 is 2.57 bits per heavy atom. The van der Waals surface area contributed by atoms with Crippen LogP contribution in [0.5, 0.6) is 11.5 Å². The van der Waals surface area contributed by atoms with Crippen molar-refractivity contribution in [3.63, 3.8) is 0 Å². The second kappa shape index (κ2) is 5.58. The van der Waals surface area contributed by atoms with E-state index in [1.54, 1.807) is 0 Å². The van der Waals surface area contributed by atoms with E-state index in [0.717, 1.165) is 41.8 Å². The van der Waals surface area contributed by atoms with Gasteiger partial charge in [0.25, 0.3) is 0 Å². The first-order valence-corrected chi connectivity index (χ1v) is 7.47. The van der Waals surface area contributed by atoms with Crippen molar-refractivity contribution in [1.82, 2.24) is 5.32 Å². The van der Waals surface area contributed by atoms with Crippen molar-refractivity contribution in [3.05, 3.63) is 57.6 Å². The lowest BCUT2D eigenvalue weighted by Crippen LogP contribution is -2.21. The summed E-state index contributed by atoms with van der Waals surface area (Å²) in [5.74, 6) is -0.246. The molecule has 1 unspecified atom stereocenters. The van der Waals surface area contributed by atoms with Gasteiger partial charge >= 0.3 is 0 Å². The van der Waals surface area contributed by atoms with E-state index in [2.05, 4.69) is 17.4 Å². The van der Waals surface area contributed by atoms with Crippen molar-refractivity contribution in [2.24, 2.45) is 0 Å². The second-order valence-corrected chi connectivity index (χ2v) is 5.82. The lowest BCUT2D eigenvalue weighted by molar-refractivity contribution is 0.400. The molecular weight excluding hydrogens is 286 g/mol. The van der Waals surface area contributed by atoms with Gasteiger partial charge in [-0.3, -0.25) is 0 Å². The molecule has 2 aromatic rings. The number of hydrogen-bond donors (Lipinski definition) is 3. The Hall–Kier alpha value is -1.71. The van der Waals surface area contributed by atoms with Crippen molar-refractivity contribution in [2.45, 2.75) is 19.3 Å². The number of aromatic hydroxyl groups is 2. The van der Waals surface area contributed by atoms with Crippen molar-refractivity contribution in [1.29, 1.82) is 0 Å². The molecule has 0 bridgehead atoms. The highest BCUT2D eigenvalue weighted by Crippen LogP contribution is 2.46. The third kappa shape index (κ3) is 2.37. The second-order valence-electron chi connectivity index (χ2n) is 5.45. The minimum Gasteiger partial charge on any atom is -0.504 e. The van der Waals surface area contributed by atoms with Gasteiger partial charge in [-0.15, -0.1) is 0 Å². The SMILES string of the molecule is Cc1c(O)c(O)c(Cl)c2c1CCNCC2c1ccccc1. The van der Waals surface area contributed by atoms with Crippen LogP contribution in [-0.2, 0) is 6.42 Å². The molecule has 3 N–H and O–H groups in total. The molecule has 0 aromatic heterocycles. The Labute approximate surface area is 129 Å². The molecule has 0 saturated heterocycles. The smallest absolute Gasteiger partial charge is 0.177 e. The summed E-state index contributed by atoms with van der Waals surface area (Å²) in [6.07, 6.45) is 0.790. The Morgan fingerprint density at radius 1 is 1.14 bits per heavy atom. The summed E-state index contributed by atoms with van der Waals surface area (Å²) in [6, 6.07) is 10.1. The van der Waals surface area contributed by atoms with E-state index in [-0.39, 0.29) is 22.4 Å². The first-order chi connectivity index (χ1) is 10.1. The van der Waals surface area contributed by atoms with E-state index in [9.17, 15) is 10.2 Å². The van der Waals surface area contributed by atoms with E-state index in [4.69, 9.17) is 11.6 Å². The summed E-state index contributed by atoms with van der Waals surface area (Å²) in [7, 11) is 0. The van der Waals surface area contributed by atoms with Crippen molar-refractivity contribution >= 4 is 11.6 Å². The molecule has 3 nitrogen and oxygen atoms in total. The summed E-state index contributed by atoms with van der Waals surface area (Å²) >= 11 is 6.37. The van der Waals surface area contributed by atoms with Crippen LogP contribution in [0.3, 0.4) is 0 Å². The molecule has 0 saturated carbocycles. The lowest BCUT2D eigenvalue weighted by atomic mass is 9.85. The zero-order valence-electron chi connectivity index (χ0n) is 11.9. The molecule has 1 aliphatic heterocycles. The van der Waals surface area contributed by atoms with E-state index in [1.807, 2.05) is 25.1 Å². The number of phenols is 2. The molecule has 1 atom stereocenters. The van der Waals surface area contributed by atoms with Gasteiger partial charge < -0.3 is 15.5 Å². The van der Waals surface area contributed by atoms with Crippen LogP contribution in [0.15, 0.2) is 30.3 Å². The molecular formula is C17H18ClNO2. The third-order valence-corrected chi connectivity index (χ3v) is 4.63. The van der Waals surface area contributed by atoms with E-state index in [1.165, 1.54) is 0 Å². The van der Waals surface area contributed by atoms with Crippen molar-refractivity contribution in [2.75, 3.05) is 13.1 Å². The summed E-state index contributed by atoms with van der Waals surface area (Å²) in [6.45, 7) is 3.43. The predicted octanol–water partition coefficient (Wildman–Crippen LogP) is 3.34. The molecule has 0 radical (unpaired) electrons. The molecule has 1 heterocycles. The number of nitrogens with one attached hydrogen (secondary N) is 1. The molecule has 1 aliphatic rings. The largest absolute Gasteiger partial charge is 0.504 e. The van der Waals surface area contributed by atoms with Crippen LogP contribution >= 0.6 is 11.6 Å². The van der Waals surface area contributed by atoms with Gasteiger partial charge in [-0.2, -0.15) is 0 Å². The summed E-state index contributed by atoms with van der Waals surface area (Å²) in [4.78, 5) is 0. The fourth-order valence-electron chi connectivity index (χ4n) is 3.10. The molecule has 110 valence electrons. The van der Waals surface area contributed by atoms with Gasteiger partial charge in [0.05, 0.1) is 5.02 Å². The minimum absolute atomic E-state index is 0.0707. The zero-order valence-corrected chi connectivity index (χ0v) is 12.6. The molecule has 0 amide bonds. The van der Waals surface area contributed by atoms with Crippen LogP contribution in [0.4, 0.5) is 0 Å². The molecule has 0 fully saturated rings. The monoisotopic (exact) mass is 303 g/mol. The first kappa shape index (κ1) is 14.2. The Morgan fingerprint density at radius 2 is 1.86 bits per heavy atom. The number of halogens is 1. The van der Waals surface area contributed by atoms with Crippen LogP contribution < -0.4 is 5.32 Å². The molecule has 3 rings (SSSR count). The van der Waals surface area contributed by atoms with Crippen molar-refractivity contribution < 1.29 is 10.2 Å². The number of hydrogen-bond acceptors (Lipinski definition) is 3. The fraction of sp³-hybridized carbons (Fsp3) is 0.294. The highest BCUT2D eigenvalue weighted by molar-refractivity contribution is 6.33. The quantitative estimate of drug-likeness (QED) is 0.708.